The molecule has 188 valence electrons. The average Bonchev–Trinajstić information content (AvgIpc) is 2.79. The van der Waals surface area contributed by atoms with Gasteiger partial charge in [-0.1, -0.05) is 101 Å². The summed E-state index contributed by atoms with van der Waals surface area (Å²) in [5.74, 6) is -0.185. The molecule has 1 rings (SSSR count). The normalized spacial score (nSPS) is 10.8. The summed E-state index contributed by atoms with van der Waals surface area (Å²) >= 11 is 5.95. The molecule has 0 heterocycles. The molecule has 0 aromatic heterocycles. The van der Waals surface area contributed by atoms with Crippen LogP contribution in [-0.2, 0) is 25.5 Å². The van der Waals surface area contributed by atoms with Crippen LogP contribution >= 0.6 is 11.6 Å². The minimum atomic E-state index is -0.128. The highest BCUT2D eigenvalue weighted by Gasteiger charge is 2.05. The molecule has 0 radical (unpaired) electrons. The fraction of sp³-hybridized carbons (Fsp3) is 0.714. The van der Waals surface area contributed by atoms with Crippen LogP contribution in [0.2, 0.25) is 5.02 Å². The number of esters is 2. The molecule has 0 unspecified atom stereocenters. The van der Waals surface area contributed by atoms with E-state index in [1.807, 2.05) is 24.3 Å². The van der Waals surface area contributed by atoms with Gasteiger partial charge < -0.3 is 9.47 Å². The predicted molar refractivity (Wildman–Crippen MR) is 137 cm³/mol. The van der Waals surface area contributed by atoms with Crippen molar-refractivity contribution in [3.8, 4) is 0 Å². The van der Waals surface area contributed by atoms with Crippen molar-refractivity contribution >= 4 is 23.5 Å². The van der Waals surface area contributed by atoms with Gasteiger partial charge in [-0.25, -0.2) is 0 Å². The minimum absolute atomic E-state index is 0.0570. The summed E-state index contributed by atoms with van der Waals surface area (Å²) < 4.78 is 10.6. The smallest absolute Gasteiger partial charge is 0.305 e. The van der Waals surface area contributed by atoms with Crippen molar-refractivity contribution in [2.45, 2.75) is 116 Å². The van der Waals surface area contributed by atoms with Crippen molar-refractivity contribution < 1.29 is 19.1 Å². The molecular formula is C28H45ClO4. The van der Waals surface area contributed by atoms with Gasteiger partial charge in [0.05, 0.1) is 13.2 Å². The fourth-order valence-corrected chi connectivity index (χ4v) is 4.00. The molecule has 0 N–H and O–H groups in total. The summed E-state index contributed by atoms with van der Waals surface area (Å²) in [6, 6.07) is 7.62. The van der Waals surface area contributed by atoms with Gasteiger partial charge in [-0.2, -0.15) is 0 Å². The van der Waals surface area contributed by atoms with E-state index in [2.05, 4.69) is 6.92 Å². The van der Waals surface area contributed by atoms with E-state index in [-0.39, 0.29) is 11.9 Å². The molecule has 0 atom stereocenters. The van der Waals surface area contributed by atoms with Crippen molar-refractivity contribution in [2.24, 2.45) is 0 Å². The fourth-order valence-electron chi connectivity index (χ4n) is 3.79. The van der Waals surface area contributed by atoms with Crippen LogP contribution in [0.1, 0.15) is 115 Å². The minimum Gasteiger partial charge on any atom is -0.466 e. The number of hydrogen-bond donors (Lipinski definition) is 0. The standard InChI is InChI=1S/C28H45ClO4/c1-2-3-4-5-6-9-12-15-22-32-27(30)19-13-10-7-8-11-14-20-28(31)33-23-21-25-17-16-18-26(29)24-25/h16-18,24H,2-15,19-23H2,1H3. The first-order chi connectivity index (χ1) is 16.1. The molecule has 0 amide bonds. The summed E-state index contributed by atoms with van der Waals surface area (Å²) in [6.45, 7) is 3.21. The molecule has 0 spiro atoms. The monoisotopic (exact) mass is 480 g/mol. The summed E-state index contributed by atoms with van der Waals surface area (Å²) in [4.78, 5) is 23.6. The van der Waals surface area contributed by atoms with Crippen LogP contribution in [0.5, 0.6) is 0 Å². The highest BCUT2D eigenvalue weighted by atomic mass is 35.5. The molecule has 0 saturated carbocycles. The summed E-state index contributed by atoms with van der Waals surface area (Å²) in [5.41, 5.74) is 1.08. The predicted octanol–water partition coefficient (Wildman–Crippen LogP) is 8.23. The molecule has 0 aliphatic heterocycles. The maximum absolute atomic E-state index is 11.8. The number of rotatable bonds is 21. The second-order valence-electron chi connectivity index (χ2n) is 8.92. The van der Waals surface area contributed by atoms with E-state index in [9.17, 15) is 9.59 Å². The molecule has 0 aliphatic carbocycles. The summed E-state index contributed by atoms with van der Waals surface area (Å²) in [5, 5.41) is 0.703. The zero-order valence-electron chi connectivity index (χ0n) is 20.8. The molecule has 1 aromatic carbocycles. The maximum atomic E-state index is 11.8. The molecular weight excluding hydrogens is 436 g/mol. The third-order valence-electron chi connectivity index (χ3n) is 5.82. The third kappa shape index (κ3) is 18.6. The SMILES string of the molecule is CCCCCCCCCCOC(=O)CCCCCCCCC(=O)OCCc1cccc(Cl)c1. The van der Waals surface area contributed by atoms with Crippen molar-refractivity contribution in [3.63, 3.8) is 0 Å². The third-order valence-corrected chi connectivity index (χ3v) is 6.05. The Morgan fingerprint density at radius 2 is 1.21 bits per heavy atom. The Labute approximate surface area is 206 Å². The van der Waals surface area contributed by atoms with Gasteiger partial charge in [0, 0.05) is 24.3 Å². The maximum Gasteiger partial charge on any atom is 0.305 e. The van der Waals surface area contributed by atoms with E-state index in [0.717, 1.165) is 56.9 Å². The summed E-state index contributed by atoms with van der Waals surface area (Å²) in [6.07, 6.45) is 17.7. The second-order valence-corrected chi connectivity index (χ2v) is 9.35. The largest absolute Gasteiger partial charge is 0.466 e. The topological polar surface area (TPSA) is 52.6 Å². The molecule has 0 saturated heterocycles. The van der Waals surface area contributed by atoms with Crippen LogP contribution in [0.3, 0.4) is 0 Å². The zero-order chi connectivity index (χ0) is 24.0. The Morgan fingerprint density at radius 1 is 0.697 bits per heavy atom. The molecule has 5 heteroatoms. The highest BCUT2D eigenvalue weighted by molar-refractivity contribution is 6.30. The Hall–Kier alpha value is -1.55. The van der Waals surface area contributed by atoms with Gasteiger partial charge in [0.2, 0.25) is 0 Å². The lowest BCUT2D eigenvalue weighted by Crippen LogP contribution is -2.07. The quantitative estimate of drug-likeness (QED) is 0.131. The number of carbonyl (C=O) groups is 2. The van der Waals surface area contributed by atoms with Gasteiger partial charge in [0.15, 0.2) is 0 Å². The van der Waals surface area contributed by atoms with Crippen LogP contribution in [0.25, 0.3) is 0 Å². The van der Waals surface area contributed by atoms with Crippen LogP contribution in [0.4, 0.5) is 0 Å². The average molecular weight is 481 g/mol. The summed E-state index contributed by atoms with van der Waals surface area (Å²) in [7, 11) is 0. The van der Waals surface area contributed by atoms with Crippen molar-refractivity contribution in [1.29, 1.82) is 0 Å². The number of hydrogen-bond acceptors (Lipinski definition) is 4. The lowest BCUT2D eigenvalue weighted by molar-refractivity contribution is -0.144. The van der Waals surface area contributed by atoms with Gasteiger partial charge in [-0.05, 0) is 37.0 Å². The van der Waals surface area contributed by atoms with Crippen LogP contribution in [0, 0.1) is 0 Å². The molecule has 0 aliphatic rings. The van der Waals surface area contributed by atoms with E-state index in [1.54, 1.807) is 0 Å². The number of benzene rings is 1. The van der Waals surface area contributed by atoms with Gasteiger partial charge in [0.1, 0.15) is 0 Å². The van der Waals surface area contributed by atoms with Gasteiger partial charge >= 0.3 is 11.9 Å². The lowest BCUT2D eigenvalue weighted by Gasteiger charge is -2.06. The highest BCUT2D eigenvalue weighted by Crippen LogP contribution is 2.13. The number of carbonyl (C=O) groups excluding carboxylic acids is 2. The molecule has 0 bridgehead atoms. The Morgan fingerprint density at radius 3 is 1.79 bits per heavy atom. The number of ether oxygens (including phenoxy) is 2. The first-order valence-corrected chi connectivity index (χ1v) is 13.5. The van der Waals surface area contributed by atoms with E-state index in [4.69, 9.17) is 21.1 Å². The number of halogens is 1. The van der Waals surface area contributed by atoms with E-state index in [1.165, 1.54) is 38.5 Å². The number of unbranched alkanes of at least 4 members (excludes halogenated alkanes) is 12. The van der Waals surface area contributed by atoms with Crippen molar-refractivity contribution in [3.05, 3.63) is 34.9 Å². The van der Waals surface area contributed by atoms with Crippen LogP contribution in [-0.4, -0.2) is 25.2 Å². The first kappa shape index (κ1) is 29.5. The second kappa shape index (κ2) is 21.0. The van der Waals surface area contributed by atoms with Crippen LogP contribution < -0.4 is 0 Å². The van der Waals surface area contributed by atoms with Crippen LogP contribution in [0.15, 0.2) is 24.3 Å². The van der Waals surface area contributed by atoms with E-state index >= 15 is 0 Å². The molecule has 1 aromatic rings. The molecule has 0 fully saturated rings. The lowest BCUT2D eigenvalue weighted by atomic mass is 10.1. The first-order valence-electron chi connectivity index (χ1n) is 13.2. The van der Waals surface area contributed by atoms with E-state index in [0.29, 0.717) is 37.5 Å². The van der Waals surface area contributed by atoms with Gasteiger partial charge in [-0.3, -0.25) is 9.59 Å². The zero-order valence-corrected chi connectivity index (χ0v) is 21.5. The van der Waals surface area contributed by atoms with Gasteiger partial charge in [-0.15, -0.1) is 0 Å². The van der Waals surface area contributed by atoms with E-state index < -0.39 is 0 Å². The van der Waals surface area contributed by atoms with Crippen molar-refractivity contribution in [1.82, 2.24) is 0 Å². The Bertz CT molecular complexity index is 632. The van der Waals surface area contributed by atoms with Crippen molar-refractivity contribution in [2.75, 3.05) is 13.2 Å². The Balaban J connectivity index is 1.82. The van der Waals surface area contributed by atoms with Gasteiger partial charge in [0.25, 0.3) is 0 Å². The Kier molecular flexibility index (Phi) is 18.8. The molecule has 4 nitrogen and oxygen atoms in total. The molecule has 33 heavy (non-hydrogen) atoms.